The first-order valence-electron chi connectivity index (χ1n) is 5.53. The molecule has 0 aliphatic rings. The van der Waals surface area contributed by atoms with E-state index in [-0.39, 0.29) is 5.69 Å². The van der Waals surface area contributed by atoms with Crippen molar-refractivity contribution in [3.8, 4) is 5.75 Å². The minimum Gasteiger partial charge on any atom is -0.495 e. The molecule has 0 fully saturated rings. The lowest BCUT2D eigenvalue weighted by Crippen LogP contribution is -2.12. The van der Waals surface area contributed by atoms with Crippen molar-refractivity contribution in [2.24, 2.45) is 0 Å². The molecule has 0 saturated carbocycles. The Balaban J connectivity index is 2.30. The van der Waals surface area contributed by atoms with Crippen LogP contribution in [-0.2, 0) is 10.0 Å². The monoisotopic (exact) mass is 331 g/mol. The maximum atomic E-state index is 12.1. The molecule has 0 radical (unpaired) electrons. The van der Waals surface area contributed by atoms with Crippen LogP contribution in [0.25, 0.3) is 0 Å². The topological polar surface area (TPSA) is 106 Å². The lowest BCUT2D eigenvalue weighted by molar-refractivity contribution is 0.0656. The van der Waals surface area contributed by atoms with Crippen LogP contribution in [0.5, 0.6) is 5.75 Å². The normalized spacial score (nSPS) is 11.1. The van der Waals surface area contributed by atoms with Crippen LogP contribution in [0.1, 0.15) is 10.6 Å². The first-order chi connectivity index (χ1) is 9.83. The van der Waals surface area contributed by atoms with E-state index in [0.29, 0.717) is 10.8 Å². The van der Waals surface area contributed by atoms with Crippen molar-refractivity contribution in [3.05, 3.63) is 41.1 Å². The van der Waals surface area contributed by atoms with Crippen LogP contribution < -0.4 is 9.46 Å². The van der Waals surface area contributed by atoms with Crippen molar-refractivity contribution in [2.75, 3.05) is 11.8 Å². The fourth-order valence-electron chi connectivity index (χ4n) is 1.51. The summed E-state index contributed by atoms with van der Waals surface area (Å²) < 4.78 is 36.1. The van der Waals surface area contributed by atoms with Crippen molar-refractivity contribution in [1.82, 2.24) is 0 Å². The Bertz CT molecular complexity index is 783. The molecule has 21 heavy (non-hydrogen) atoms. The highest BCUT2D eigenvalue weighted by molar-refractivity contribution is 7.92. The molecule has 1 heterocycles. The molecule has 7 nitrogen and oxygen atoms in total. The van der Waals surface area contributed by atoms with Gasteiger partial charge in [0.2, 0.25) is 10.9 Å². The molecule has 2 aromatic rings. The first kappa shape index (κ1) is 15.2. The second-order valence-electron chi connectivity index (χ2n) is 3.88. The van der Waals surface area contributed by atoms with Crippen LogP contribution in [0.2, 0.25) is 5.02 Å². The Morgan fingerprint density at radius 3 is 2.62 bits per heavy atom. The Morgan fingerprint density at radius 1 is 1.33 bits per heavy atom. The van der Waals surface area contributed by atoms with Gasteiger partial charge in [-0.2, -0.15) is 8.42 Å². The number of carboxylic acids is 1. The van der Waals surface area contributed by atoms with E-state index in [1.165, 1.54) is 25.3 Å². The summed E-state index contributed by atoms with van der Waals surface area (Å²) in [6, 6.07) is 6.39. The van der Waals surface area contributed by atoms with Gasteiger partial charge in [0.1, 0.15) is 5.75 Å². The lowest BCUT2D eigenvalue weighted by Gasteiger charge is -2.08. The van der Waals surface area contributed by atoms with E-state index < -0.39 is 26.8 Å². The van der Waals surface area contributed by atoms with Crippen LogP contribution in [0, 0.1) is 0 Å². The SMILES string of the molecule is COc1cc(NS(=O)(=O)c2ccc(C(=O)O)o2)ccc1Cl. The van der Waals surface area contributed by atoms with Crippen molar-refractivity contribution < 1.29 is 27.5 Å². The van der Waals surface area contributed by atoms with Gasteiger partial charge in [-0.3, -0.25) is 4.72 Å². The van der Waals surface area contributed by atoms with E-state index in [0.717, 1.165) is 12.1 Å². The second kappa shape index (κ2) is 5.66. The van der Waals surface area contributed by atoms with Crippen molar-refractivity contribution >= 4 is 33.3 Å². The molecule has 112 valence electrons. The van der Waals surface area contributed by atoms with Gasteiger partial charge in [0.15, 0.2) is 0 Å². The zero-order valence-corrected chi connectivity index (χ0v) is 12.2. The number of furan rings is 1. The highest BCUT2D eigenvalue weighted by Gasteiger charge is 2.21. The average Bonchev–Trinajstić information content (AvgIpc) is 2.91. The summed E-state index contributed by atoms with van der Waals surface area (Å²) in [5, 5.41) is 8.53. The third kappa shape index (κ3) is 3.29. The number of ether oxygens (including phenoxy) is 1. The maximum Gasteiger partial charge on any atom is 0.371 e. The average molecular weight is 332 g/mol. The van der Waals surface area contributed by atoms with Gasteiger partial charge in [-0.1, -0.05) is 11.6 Å². The summed E-state index contributed by atoms with van der Waals surface area (Å²) >= 11 is 5.84. The maximum absolute atomic E-state index is 12.1. The summed E-state index contributed by atoms with van der Waals surface area (Å²) in [5.74, 6) is -1.53. The molecule has 2 rings (SSSR count). The minimum absolute atomic E-state index is 0.199. The van der Waals surface area contributed by atoms with Gasteiger partial charge >= 0.3 is 5.97 Å². The second-order valence-corrected chi connectivity index (χ2v) is 5.90. The first-order valence-corrected chi connectivity index (χ1v) is 7.39. The smallest absolute Gasteiger partial charge is 0.371 e. The minimum atomic E-state index is -4.04. The number of rotatable bonds is 5. The summed E-state index contributed by atoms with van der Waals surface area (Å²) in [5.41, 5.74) is 0.199. The lowest BCUT2D eigenvalue weighted by atomic mass is 10.3. The van der Waals surface area contributed by atoms with Crippen LogP contribution in [0.3, 0.4) is 0 Å². The molecule has 0 aliphatic carbocycles. The molecule has 9 heteroatoms. The summed E-state index contributed by atoms with van der Waals surface area (Å²) in [6.45, 7) is 0. The van der Waals surface area contributed by atoms with Crippen LogP contribution >= 0.6 is 11.6 Å². The van der Waals surface area contributed by atoms with Crippen molar-refractivity contribution in [1.29, 1.82) is 0 Å². The van der Waals surface area contributed by atoms with Crippen LogP contribution in [0.15, 0.2) is 39.8 Å². The number of sulfonamides is 1. The number of nitrogens with one attached hydrogen (secondary N) is 1. The van der Waals surface area contributed by atoms with Gasteiger partial charge in [0.25, 0.3) is 10.0 Å². The molecular weight excluding hydrogens is 322 g/mol. The molecule has 0 spiro atoms. The molecular formula is C12H10ClNO6S. The van der Waals surface area contributed by atoms with E-state index >= 15 is 0 Å². The molecule has 0 bridgehead atoms. The fourth-order valence-corrected chi connectivity index (χ4v) is 2.69. The standard InChI is InChI=1S/C12H10ClNO6S/c1-19-10-6-7(2-3-8(10)13)14-21(17,18)11-5-4-9(20-11)12(15)16/h2-6,14H,1H3,(H,15,16). The van der Waals surface area contributed by atoms with Gasteiger partial charge in [-0.15, -0.1) is 0 Å². The fraction of sp³-hybridized carbons (Fsp3) is 0.0833. The number of anilines is 1. The number of carboxylic acid groups (broad SMARTS) is 1. The molecule has 0 unspecified atom stereocenters. The Morgan fingerprint density at radius 2 is 2.05 bits per heavy atom. The number of carbonyl (C=O) groups is 1. The van der Waals surface area contributed by atoms with E-state index in [9.17, 15) is 13.2 Å². The molecule has 0 saturated heterocycles. The van der Waals surface area contributed by atoms with Gasteiger partial charge in [-0.25, -0.2) is 4.79 Å². The highest BCUT2D eigenvalue weighted by Crippen LogP contribution is 2.28. The predicted octanol–water partition coefficient (Wildman–Crippen LogP) is 2.44. The Labute approximate surface area is 125 Å². The van der Waals surface area contributed by atoms with Gasteiger partial charge in [-0.05, 0) is 24.3 Å². The molecule has 2 N–H and O–H groups in total. The van der Waals surface area contributed by atoms with E-state index in [1.54, 1.807) is 0 Å². The highest BCUT2D eigenvalue weighted by atomic mass is 35.5. The quantitative estimate of drug-likeness (QED) is 0.871. The van der Waals surface area contributed by atoms with Crippen LogP contribution in [-0.4, -0.2) is 26.6 Å². The van der Waals surface area contributed by atoms with Crippen molar-refractivity contribution in [2.45, 2.75) is 5.09 Å². The Hall–Kier alpha value is -2.19. The predicted molar refractivity (Wildman–Crippen MR) is 74.5 cm³/mol. The van der Waals surface area contributed by atoms with Gasteiger partial charge in [0, 0.05) is 6.07 Å². The number of aromatic carboxylic acids is 1. The molecule has 0 amide bonds. The Kier molecular flexibility index (Phi) is 4.10. The number of hydrogen-bond donors (Lipinski definition) is 2. The third-order valence-electron chi connectivity index (χ3n) is 2.46. The summed E-state index contributed by atoms with van der Waals surface area (Å²) in [4.78, 5) is 10.7. The molecule has 0 atom stereocenters. The summed E-state index contributed by atoms with van der Waals surface area (Å²) in [6.07, 6.45) is 0. The number of benzene rings is 1. The number of halogens is 1. The van der Waals surface area contributed by atoms with Gasteiger partial charge < -0.3 is 14.3 Å². The number of hydrogen-bond acceptors (Lipinski definition) is 5. The van der Waals surface area contributed by atoms with E-state index in [2.05, 4.69) is 4.72 Å². The zero-order valence-electron chi connectivity index (χ0n) is 10.7. The molecule has 1 aromatic heterocycles. The zero-order chi connectivity index (χ0) is 15.6. The van der Waals surface area contributed by atoms with Gasteiger partial charge in [0.05, 0.1) is 17.8 Å². The van der Waals surface area contributed by atoms with Crippen molar-refractivity contribution in [3.63, 3.8) is 0 Å². The largest absolute Gasteiger partial charge is 0.495 e. The van der Waals surface area contributed by atoms with E-state index in [4.69, 9.17) is 25.9 Å². The van der Waals surface area contributed by atoms with E-state index in [1.807, 2.05) is 0 Å². The van der Waals surface area contributed by atoms with Crippen LogP contribution in [0.4, 0.5) is 5.69 Å². The summed E-state index contributed by atoms with van der Waals surface area (Å²) in [7, 11) is -2.65. The number of methoxy groups -OCH3 is 1. The molecule has 1 aromatic carbocycles. The third-order valence-corrected chi connectivity index (χ3v) is 4.03. The molecule has 0 aliphatic heterocycles.